The van der Waals surface area contributed by atoms with Crippen molar-refractivity contribution < 1.29 is 0 Å². The zero-order chi connectivity index (χ0) is 34.2. The lowest BCUT2D eigenvalue weighted by Gasteiger charge is -2.33. The predicted octanol–water partition coefficient (Wildman–Crippen LogP) is 13.3. The number of hydrogen-bond donors (Lipinski definition) is 0. The minimum absolute atomic E-state index is 0.950. The predicted molar refractivity (Wildman–Crippen MR) is 218 cm³/mol. The third-order valence-corrected chi connectivity index (χ3v) is 10.7. The standard InChI is InChI=1S/C49H31N3/c1-3-16-33(17-4-1)46-38-22-9-10-23-39(38)47(37-24-13-20-32-15-7-8-21-36(32)37)41-31-35(29-30-40(41)46)51-43-26-11-12-27-44(43)52-48-42(25-14-28-45(48)51)50-49(52)34-18-5-2-6-19-34/h1-31H. The minimum atomic E-state index is 0.950. The minimum Gasteiger partial charge on any atom is -0.306 e. The number of fused-ring (bicyclic) bond motifs is 5. The molecule has 0 aliphatic carbocycles. The zero-order valence-electron chi connectivity index (χ0n) is 28.2. The first-order chi connectivity index (χ1) is 25.8. The number of aromatic nitrogens is 2. The van der Waals surface area contributed by atoms with Gasteiger partial charge < -0.3 is 4.90 Å². The van der Waals surface area contributed by atoms with Crippen molar-refractivity contribution in [3.63, 3.8) is 0 Å². The molecule has 0 atom stereocenters. The van der Waals surface area contributed by atoms with E-state index in [4.69, 9.17) is 4.98 Å². The van der Waals surface area contributed by atoms with Crippen LogP contribution >= 0.6 is 0 Å². The van der Waals surface area contributed by atoms with E-state index in [-0.39, 0.29) is 0 Å². The van der Waals surface area contributed by atoms with Gasteiger partial charge in [-0.1, -0.05) is 152 Å². The fraction of sp³-hybridized carbons (Fsp3) is 0. The van der Waals surface area contributed by atoms with Crippen molar-refractivity contribution in [3.05, 3.63) is 188 Å². The summed E-state index contributed by atoms with van der Waals surface area (Å²) in [5.41, 5.74) is 12.6. The number of anilines is 3. The Labute approximate surface area is 301 Å². The molecule has 3 heteroatoms. The largest absolute Gasteiger partial charge is 0.306 e. The average Bonchev–Trinajstić information content (AvgIpc) is 3.61. The Balaban J connectivity index is 1.26. The van der Waals surface area contributed by atoms with E-state index < -0.39 is 0 Å². The van der Waals surface area contributed by atoms with Crippen LogP contribution in [0.15, 0.2) is 188 Å². The Morgan fingerprint density at radius 1 is 0.385 bits per heavy atom. The normalized spacial score (nSPS) is 12.2. The van der Waals surface area contributed by atoms with Gasteiger partial charge in [0.15, 0.2) is 0 Å². The highest BCUT2D eigenvalue weighted by Gasteiger charge is 2.30. The van der Waals surface area contributed by atoms with Crippen LogP contribution in [0.1, 0.15) is 0 Å². The highest BCUT2D eigenvalue weighted by Crippen LogP contribution is 2.51. The molecule has 11 rings (SSSR count). The summed E-state index contributed by atoms with van der Waals surface area (Å²) in [4.78, 5) is 7.66. The molecule has 0 saturated heterocycles. The van der Waals surface area contributed by atoms with E-state index in [0.29, 0.717) is 0 Å². The maximum Gasteiger partial charge on any atom is 0.145 e. The molecule has 0 saturated carbocycles. The fourth-order valence-corrected chi connectivity index (χ4v) is 8.51. The van der Waals surface area contributed by atoms with E-state index in [1.54, 1.807) is 0 Å². The topological polar surface area (TPSA) is 21.1 Å². The van der Waals surface area contributed by atoms with E-state index in [2.05, 4.69) is 198 Å². The zero-order valence-corrected chi connectivity index (χ0v) is 28.2. The lowest BCUT2D eigenvalue weighted by molar-refractivity contribution is 1.06. The average molecular weight is 662 g/mol. The Bertz CT molecular complexity index is 3010. The van der Waals surface area contributed by atoms with E-state index in [1.165, 1.54) is 54.6 Å². The Morgan fingerprint density at radius 2 is 0.981 bits per heavy atom. The van der Waals surface area contributed by atoms with Gasteiger partial charge in [-0.25, -0.2) is 4.98 Å². The van der Waals surface area contributed by atoms with Crippen molar-refractivity contribution >= 4 is 60.4 Å². The van der Waals surface area contributed by atoms with Crippen molar-refractivity contribution in [2.75, 3.05) is 4.90 Å². The van der Waals surface area contributed by atoms with Gasteiger partial charge in [0.25, 0.3) is 0 Å². The van der Waals surface area contributed by atoms with E-state index in [0.717, 1.165) is 45.2 Å². The quantitative estimate of drug-likeness (QED) is 0.175. The van der Waals surface area contributed by atoms with Crippen molar-refractivity contribution in [1.29, 1.82) is 0 Å². The first-order valence-electron chi connectivity index (χ1n) is 17.8. The molecule has 0 unspecified atom stereocenters. The highest BCUT2D eigenvalue weighted by atomic mass is 15.2. The first kappa shape index (κ1) is 28.8. The Kier molecular flexibility index (Phi) is 6.25. The highest BCUT2D eigenvalue weighted by molar-refractivity contribution is 6.24. The SMILES string of the molecule is c1ccc(-c2c3ccccc3c(-c3cccc4ccccc34)c3cc(N4c5ccccc5-n5c(-c6ccccc6)nc6cccc4c65)ccc23)cc1. The van der Waals surface area contributed by atoms with Crippen LogP contribution in [-0.4, -0.2) is 9.55 Å². The van der Waals surface area contributed by atoms with Crippen LogP contribution in [0.2, 0.25) is 0 Å². The lowest BCUT2D eigenvalue weighted by atomic mass is 9.84. The summed E-state index contributed by atoms with van der Waals surface area (Å²) in [5.74, 6) is 0.950. The van der Waals surface area contributed by atoms with Gasteiger partial charge in [0.1, 0.15) is 5.82 Å². The van der Waals surface area contributed by atoms with E-state index in [9.17, 15) is 0 Å². The number of nitrogens with zero attached hydrogens (tertiary/aromatic N) is 3. The third kappa shape index (κ3) is 4.17. The van der Waals surface area contributed by atoms with E-state index >= 15 is 0 Å². The van der Waals surface area contributed by atoms with Gasteiger partial charge in [0.2, 0.25) is 0 Å². The number of hydrogen-bond acceptors (Lipinski definition) is 2. The second kappa shape index (κ2) is 11.3. The van der Waals surface area contributed by atoms with Crippen LogP contribution in [0.4, 0.5) is 17.1 Å². The smallest absolute Gasteiger partial charge is 0.145 e. The van der Waals surface area contributed by atoms with Gasteiger partial charge in [0.05, 0.1) is 28.1 Å². The molecule has 242 valence electrons. The van der Waals surface area contributed by atoms with Crippen LogP contribution in [0, 0.1) is 0 Å². The molecule has 0 fully saturated rings. The molecule has 9 aromatic carbocycles. The Morgan fingerprint density at radius 3 is 1.79 bits per heavy atom. The molecule has 2 heterocycles. The number of rotatable bonds is 4. The maximum atomic E-state index is 5.23. The van der Waals surface area contributed by atoms with Crippen molar-refractivity contribution in [2.24, 2.45) is 0 Å². The van der Waals surface area contributed by atoms with Crippen molar-refractivity contribution in [1.82, 2.24) is 9.55 Å². The Hall–Kier alpha value is -6.97. The van der Waals surface area contributed by atoms with Gasteiger partial charge >= 0.3 is 0 Å². The van der Waals surface area contributed by atoms with Crippen LogP contribution in [0.3, 0.4) is 0 Å². The third-order valence-electron chi connectivity index (χ3n) is 10.7. The van der Waals surface area contributed by atoms with Gasteiger partial charge in [-0.15, -0.1) is 0 Å². The maximum absolute atomic E-state index is 5.23. The summed E-state index contributed by atoms with van der Waals surface area (Å²) in [5, 5.41) is 7.44. The second-order valence-corrected chi connectivity index (χ2v) is 13.5. The van der Waals surface area contributed by atoms with Gasteiger partial charge in [-0.2, -0.15) is 0 Å². The number of benzene rings is 9. The van der Waals surface area contributed by atoms with Crippen LogP contribution in [0.5, 0.6) is 0 Å². The number of para-hydroxylation sites is 3. The van der Waals surface area contributed by atoms with Gasteiger partial charge in [0, 0.05) is 11.3 Å². The molecule has 3 nitrogen and oxygen atoms in total. The second-order valence-electron chi connectivity index (χ2n) is 13.5. The monoisotopic (exact) mass is 661 g/mol. The molecule has 1 aliphatic heterocycles. The summed E-state index contributed by atoms with van der Waals surface area (Å²) < 4.78 is 2.34. The molecule has 1 aliphatic rings. The molecular formula is C49H31N3. The molecular weight excluding hydrogens is 631 g/mol. The summed E-state index contributed by atoms with van der Waals surface area (Å²) in [6.45, 7) is 0. The molecule has 52 heavy (non-hydrogen) atoms. The van der Waals surface area contributed by atoms with Gasteiger partial charge in [-0.3, -0.25) is 4.57 Å². The van der Waals surface area contributed by atoms with Gasteiger partial charge in [-0.05, 0) is 91.0 Å². The summed E-state index contributed by atoms with van der Waals surface area (Å²) in [6, 6.07) is 68.0. The summed E-state index contributed by atoms with van der Waals surface area (Å²) in [6.07, 6.45) is 0. The molecule has 0 N–H and O–H groups in total. The fourth-order valence-electron chi connectivity index (χ4n) is 8.51. The summed E-state index contributed by atoms with van der Waals surface area (Å²) in [7, 11) is 0. The molecule has 0 radical (unpaired) electrons. The molecule has 0 spiro atoms. The molecule has 0 amide bonds. The van der Waals surface area contributed by atoms with Crippen LogP contribution < -0.4 is 4.90 Å². The first-order valence-corrected chi connectivity index (χ1v) is 17.8. The van der Waals surface area contributed by atoms with E-state index in [1.807, 2.05) is 0 Å². The van der Waals surface area contributed by atoms with Crippen LogP contribution in [-0.2, 0) is 0 Å². The number of imidazole rings is 1. The van der Waals surface area contributed by atoms with Crippen molar-refractivity contribution in [2.45, 2.75) is 0 Å². The summed E-state index contributed by atoms with van der Waals surface area (Å²) >= 11 is 0. The molecule has 1 aromatic heterocycles. The molecule has 0 bridgehead atoms. The lowest BCUT2D eigenvalue weighted by Crippen LogP contribution is -2.18. The van der Waals surface area contributed by atoms with Crippen molar-refractivity contribution in [3.8, 4) is 39.3 Å². The molecule has 10 aromatic rings. The van der Waals surface area contributed by atoms with Crippen LogP contribution in [0.25, 0.3) is 82.7 Å².